The van der Waals surface area contributed by atoms with Crippen LogP contribution in [0.25, 0.3) is 0 Å². The summed E-state index contributed by atoms with van der Waals surface area (Å²) < 4.78 is 0. The van der Waals surface area contributed by atoms with Gasteiger partial charge in [-0.3, -0.25) is 14.5 Å². The van der Waals surface area contributed by atoms with Crippen LogP contribution < -0.4 is 5.32 Å². The summed E-state index contributed by atoms with van der Waals surface area (Å²) in [4.78, 5) is 24.8. The lowest BCUT2D eigenvalue weighted by Crippen LogP contribution is -2.51. The Balaban J connectivity index is 2.61. The second-order valence-corrected chi connectivity index (χ2v) is 4.77. The minimum absolute atomic E-state index is 0.00989. The molecule has 0 saturated carbocycles. The molecular formula is C12H22N2O3. The van der Waals surface area contributed by atoms with Gasteiger partial charge in [0.15, 0.2) is 0 Å². The molecule has 1 aliphatic heterocycles. The topological polar surface area (TPSA) is 69.6 Å². The number of likely N-dealkylation sites (tertiary alicyclic amines) is 1. The molecule has 5 nitrogen and oxygen atoms in total. The number of carboxylic acids is 1. The van der Waals surface area contributed by atoms with E-state index >= 15 is 0 Å². The normalized spacial score (nSPS) is 21.8. The van der Waals surface area contributed by atoms with Gasteiger partial charge >= 0.3 is 5.97 Å². The zero-order valence-electron chi connectivity index (χ0n) is 10.8. The lowest BCUT2D eigenvalue weighted by Gasteiger charge is -2.40. The van der Waals surface area contributed by atoms with E-state index in [1.54, 1.807) is 7.05 Å². The van der Waals surface area contributed by atoms with Gasteiger partial charge in [-0.15, -0.1) is 0 Å². The van der Waals surface area contributed by atoms with Crippen molar-refractivity contribution >= 4 is 11.9 Å². The van der Waals surface area contributed by atoms with Crippen molar-refractivity contribution in [3.63, 3.8) is 0 Å². The highest BCUT2D eigenvalue weighted by Gasteiger charge is 2.41. The number of amides is 1. The van der Waals surface area contributed by atoms with Gasteiger partial charge in [0.25, 0.3) is 0 Å². The standard InChI is InChI=1S/C12H22N2O3/c1-4-12(11(16)17)5-7-14(8-6-12)9(2)10(15)13-3/h9H,4-8H2,1-3H3,(H,13,15)(H,16,17). The monoisotopic (exact) mass is 242 g/mol. The first-order chi connectivity index (χ1) is 7.96. The summed E-state index contributed by atoms with van der Waals surface area (Å²) in [5.41, 5.74) is -0.584. The lowest BCUT2D eigenvalue weighted by atomic mass is 9.76. The van der Waals surface area contributed by atoms with Crippen LogP contribution in [0.4, 0.5) is 0 Å². The highest BCUT2D eigenvalue weighted by molar-refractivity contribution is 5.81. The molecule has 1 atom stereocenters. The third kappa shape index (κ3) is 2.77. The van der Waals surface area contributed by atoms with Gasteiger partial charge in [0.2, 0.25) is 5.91 Å². The molecule has 98 valence electrons. The minimum atomic E-state index is -0.702. The number of rotatable bonds is 4. The molecule has 17 heavy (non-hydrogen) atoms. The molecule has 1 heterocycles. The number of carboxylic acid groups (broad SMARTS) is 1. The van der Waals surface area contributed by atoms with Crippen LogP contribution >= 0.6 is 0 Å². The van der Waals surface area contributed by atoms with Gasteiger partial charge in [0.05, 0.1) is 11.5 Å². The van der Waals surface area contributed by atoms with E-state index in [9.17, 15) is 14.7 Å². The van der Waals surface area contributed by atoms with Gasteiger partial charge in [0, 0.05) is 20.1 Å². The maximum atomic E-state index is 11.5. The van der Waals surface area contributed by atoms with E-state index in [1.165, 1.54) is 0 Å². The van der Waals surface area contributed by atoms with Crippen LogP contribution in [-0.2, 0) is 9.59 Å². The second-order valence-electron chi connectivity index (χ2n) is 4.77. The number of aliphatic carboxylic acids is 1. The first-order valence-electron chi connectivity index (χ1n) is 6.16. The van der Waals surface area contributed by atoms with Crippen LogP contribution in [0.1, 0.15) is 33.1 Å². The second kappa shape index (κ2) is 5.49. The van der Waals surface area contributed by atoms with Crippen LogP contribution in [0.3, 0.4) is 0 Å². The molecule has 0 bridgehead atoms. The van der Waals surface area contributed by atoms with Crippen LogP contribution in [0.5, 0.6) is 0 Å². The first-order valence-corrected chi connectivity index (χ1v) is 6.16. The molecule has 1 saturated heterocycles. The van der Waals surface area contributed by atoms with Crippen molar-refractivity contribution in [3.8, 4) is 0 Å². The van der Waals surface area contributed by atoms with Crippen LogP contribution in [0.15, 0.2) is 0 Å². The number of hydrogen-bond acceptors (Lipinski definition) is 3. The summed E-state index contributed by atoms with van der Waals surface area (Å²) in [7, 11) is 1.62. The van der Waals surface area contributed by atoms with Crippen LogP contribution in [0, 0.1) is 5.41 Å². The van der Waals surface area contributed by atoms with Gasteiger partial charge in [0.1, 0.15) is 0 Å². The molecular weight excluding hydrogens is 220 g/mol. The highest BCUT2D eigenvalue weighted by atomic mass is 16.4. The molecule has 2 N–H and O–H groups in total. The lowest BCUT2D eigenvalue weighted by molar-refractivity contribution is -0.152. The number of carbonyl (C=O) groups excluding carboxylic acids is 1. The molecule has 0 aliphatic carbocycles. The molecule has 0 aromatic heterocycles. The predicted molar refractivity (Wildman–Crippen MR) is 64.7 cm³/mol. The van der Waals surface area contributed by atoms with Crippen molar-refractivity contribution in [1.29, 1.82) is 0 Å². The Morgan fingerprint density at radius 2 is 1.94 bits per heavy atom. The Morgan fingerprint density at radius 3 is 2.29 bits per heavy atom. The Hall–Kier alpha value is -1.10. The molecule has 0 radical (unpaired) electrons. The maximum Gasteiger partial charge on any atom is 0.309 e. The quantitative estimate of drug-likeness (QED) is 0.761. The average molecular weight is 242 g/mol. The fourth-order valence-corrected chi connectivity index (χ4v) is 2.43. The van der Waals surface area contributed by atoms with E-state index in [4.69, 9.17) is 0 Å². The number of likely N-dealkylation sites (N-methyl/N-ethyl adjacent to an activating group) is 1. The Kier molecular flexibility index (Phi) is 4.51. The van der Waals surface area contributed by atoms with Gasteiger partial charge in [-0.05, 0) is 26.2 Å². The van der Waals surface area contributed by atoms with Crippen molar-refractivity contribution in [2.24, 2.45) is 5.41 Å². The van der Waals surface area contributed by atoms with Crippen molar-refractivity contribution in [2.75, 3.05) is 20.1 Å². The Bertz CT molecular complexity index is 296. The SMILES string of the molecule is CCC1(C(=O)O)CCN(C(C)C(=O)NC)CC1. The van der Waals surface area contributed by atoms with Gasteiger partial charge < -0.3 is 10.4 Å². The highest BCUT2D eigenvalue weighted by Crippen LogP contribution is 2.35. The number of nitrogens with one attached hydrogen (secondary N) is 1. The molecule has 1 rings (SSSR count). The number of carbonyl (C=O) groups is 2. The van der Waals surface area contributed by atoms with Crippen molar-refractivity contribution in [3.05, 3.63) is 0 Å². The van der Waals surface area contributed by atoms with E-state index in [2.05, 4.69) is 10.2 Å². The van der Waals surface area contributed by atoms with Crippen molar-refractivity contribution in [2.45, 2.75) is 39.2 Å². The van der Waals surface area contributed by atoms with Crippen molar-refractivity contribution < 1.29 is 14.7 Å². The molecule has 0 spiro atoms. The molecule has 5 heteroatoms. The zero-order valence-corrected chi connectivity index (χ0v) is 10.8. The minimum Gasteiger partial charge on any atom is -0.481 e. The molecule has 1 unspecified atom stereocenters. The molecule has 0 aromatic rings. The largest absolute Gasteiger partial charge is 0.481 e. The van der Waals surface area contributed by atoms with Crippen LogP contribution in [0.2, 0.25) is 0 Å². The maximum absolute atomic E-state index is 11.5. The third-order valence-corrected chi connectivity index (χ3v) is 4.06. The number of piperidine rings is 1. The molecule has 1 amide bonds. The van der Waals surface area contributed by atoms with Gasteiger partial charge in [-0.2, -0.15) is 0 Å². The summed E-state index contributed by atoms with van der Waals surface area (Å²) in [5, 5.41) is 11.9. The third-order valence-electron chi connectivity index (χ3n) is 4.06. The van der Waals surface area contributed by atoms with Gasteiger partial charge in [-0.25, -0.2) is 0 Å². The smallest absolute Gasteiger partial charge is 0.309 e. The summed E-state index contributed by atoms with van der Waals surface area (Å²) in [6.45, 7) is 5.13. The van der Waals surface area contributed by atoms with Gasteiger partial charge in [-0.1, -0.05) is 6.92 Å². The van der Waals surface area contributed by atoms with Crippen molar-refractivity contribution in [1.82, 2.24) is 10.2 Å². The fraction of sp³-hybridized carbons (Fsp3) is 0.833. The Morgan fingerprint density at radius 1 is 1.41 bits per heavy atom. The number of nitrogens with zero attached hydrogens (tertiary/aromatic N) is 1. The summed E-state index contributed by atoms with van der Waals surface area (Å²) in [6.07, 6.45) is 1.91. The summed E-state index contributed by atoms with van der Waals surface area (Å²) >= 11 is 0. The molecule has 1 aliphatic rings. The average Bonchev–Trinajstić information content (AvgIpc) is 2.36. The molecule has 0 aromatic carbocycles. The number of hydrogen-bond donors (Lipinski definition) is 2. The van der Waals surface area contributed by atoms with E-state index in [0.29, 0.717) is 32.4 Å². The van der Waals surface area contributed by atoms with Crippen LogP contribution in [-0.4, -0.2) is 48.1 Å². The first kappa shape index (κ1) is 14.0. The van der Waals surface area contributed by atoms with E-state index < -0.39 is 11.4 Å². The van der Waals surface area contributed by atoms with E-state index in [-0.39, 0.29) is 11.9 Å². The fourth-order valence-electron chi connectivity index (χ4n) is 2.43. The predicted octanol–water partition coefficient (Wildman–Crippen LogP) is 0.698. The molecule has 1 fully saturated rings. The summed E-state index contributed by atoms with van der Waals surface area (Å²) in [6, 6.07) is -0.177. The zero-order chi connectivity index (χ0) is 13.1. The summed E-state index contributed by atoms with van der Waals surface area (Å²) in [5.74, 6) is -0.712. The Labute approximate surface area is 102 Å². The van der Waals surface area contributed by atoms with E-state index in [1.807, 2.05) is 13.8 Å². The van der Waals surface area contributed by atoms with E-state index in [0.717, 1.165) is 0 Å².